The lowest BCUT2D eigenvalue weighted by atomic mass is 10.3. The Hall–Kier alpha value is -0.590. The minimum atomic E-state index is 0.291. The molecule has 0 radical (unpaired) electrons. The van der Waals surface area contributed by atoms with E-state index in [1.807, 2.05) is 6.07 Å². The number of aromatic nitrogens is 1. The van der Waals surface area contributed by atoms with Crippen molar-refractivity contribution in [3.63, 3.8) is 0 Å². The number of hydrogen-bond acceptors (Lipinski definition) is 2. The van der Waals surface area contributed by atoms with Gasteiger partial charge in [0, 0.05) is 4.47 Å². The zero-order chi connectivity index (χ0) is 8.27. The molecule has 0 bridgehead atoms. The highest BCUT2D eigenvalue weighted by Crippen LogP contribution is 2.15. The second-order valence-electron chi connectivity index (χ2n) is 1.93. The summed E-state index contributed by atoms with van der Waals surface area (Å²) in [6, 6.07) is 5.45. The molecule has 0 saturated carbocycles. The molecule has 0 amide bonds. The van der Waals surface area contributed by atoms with Crippen molar-refractivity contribution in [1.29, 1.82) is 5.26 Å². The van der Waals surface area contributed by atoms with Gasteiger partial charge < -0.3 is 0 Å². The Morgan fingerprint density at radius 2 is 2.36 bits per heavy atom. The zero-order valence-corrected chi connectivity index (χ0v) is 7.85. The van der Waals surface area contributed by atoms with Crippen LogP contribution in [0.3, 0.4) is 0 Å². The lowest BCUT2D eigenvalue weighted by Crippen LogP contribution is -1.87. The van der Waals surface area contributed by atoms with Gasteiger partial charge in [0.2, 0.25) is 0 Å². The lowest BCUT2D eigenvalue weighted by Gasteiger charge is -1.95. The van der Waals surface area contributed by atoms with Gasteiger partial charge in [0.05, 0.1) is 18.2 Å². The Labute approximate surface area is 77.9 Å². The molecule has 2 nitrogen and oxygen atoms in total. The van der Waals surface area contributed by atoms with E-state index in [2.05, 4.69) is 20.9 Å². The maximum absolute atomic E-state index is 8.35. The molecular formula is C7H4BrClN2. The molecule has 0 N–H and O–H groups in total. The molecule has 0 saturated heterocycles. The van der Waals surface area contributed by atoms with Crippen LogP contribution in [-0.4, -0.2) is 4.98 Å². The van der Waals surface area contributed by atoms with Crippen LogP contribution < -0.4 is 0 Å². The first kappa shape index (κ1) is 8.51. The molecule has 11 heavy (non-hydrogen) atoms. The number of pyridine rings is 1. The molecule has 0 aliphatic heterocycles. The van der Waals surface area contributed by atoms with Gasteiger partial charge in [0.15, 0.2) is 0 Å². The number of nitrogens with zero attached hydrogens (tertiary/aromatic N) is 2. The molecule has 1 rings (SSSR count). The van der Waals surface area contributed by atoms with Crippen LogP contribution in [0.25, 0.3) is 0 Å². The highest BCUT2D eigenvalue weighted by molar-refractivity contribution is 9.10. The summed E-state index contributed by atoms with van der Waals surface area (Å²) in [6.07, 6.45) is 0.291. The quantitative estimate of drug-likeness (QED) is 0.697. The van der Waals surface area contributed by atoms with Crippen LogP contribution in [0.5, 0.6) is 0 Å². The van der Waals surface area contributed by atoms with Gasteiger partial charge >= 0.3 is 0 Å². The number of nitriles is 1. The fourth-order valence-electron chi connectivity index (χ4n) is 0.688. The van der Waals surface area contributed by atoms with Crippen LogP contribution >= 0.6 is 27.5 Å². The van der Waals surface area contributed by atoms with E-state index in [0.717, 1.165) is 4.47 Å². The van der Waals surface area contributed by atoms with Crippen molar-refractivity contribution in [1.82, 2.24) is 4.98 Å². The highest BCUT2D eigenvalue weighted by atomic mass is 79.9. The van der Waals surface area contributed by atoms with E-state index >= 15 is 0 Å². The Bertz CT molecular complexity index is 286. The molecule has 0 atom stereocenters. The van der Waals surface area contributed by atoms with Gasteiger partial charge in [-0.1, -0.05) is 27.5 Å². The standard InChI is InChI=1S/C7H4BrClN2/c8-5-3-6(1-2-10)11-7(9)4-5/h3-4H,1H2. The maximum Gasteiger partial charge on any atom is 0.130 e. The number of hydrogen-bond donors (Lipinski definition) is 0. The molecule has 4 heteroatoms. The monoisotopic (exact) mass is 230 g/mol. The summed E-state index contributed by atoms with van der Waals surface area (Å²) in [5, 5.41) is 8.76. The van der Waals surface area contributed by atoms with Gasteiger partial charge in [-0.25, -0.2) is 4.98 Å². The van der Waals surface area contributed by atoms with Crippen LogP contribution in [0.15, 0.2) is 16.6 Å². The fourth-order valence-corrected chi connectivity index (χ4v) is 1.53. The van der Waals surface area contributed by atoms with Crippen molar-refractivity contribution >= 4 is 27.5 Å². The second kappa shape index (κ2) is 3.70. The highest BCUT2D eigenvalue weighted by Gasteiger charge is 1.97. The summed E-state index contributed by atoms with van der Waals surface area (Å²) in [4.78, 5) is 3.94. The first-order chi connectivity index (χ1) is 5.22. The van der Waals surface area contributed by atoms with Gasteiger partial charge in [-0.3, -0.25) is 0 Å². The summed E-state index contributed by atoms with van der Waals surface area (Å²) >= 11 is 8.88. The molecule has 0 aliphatic carbocycles. The van der Waals surface area contributed by atoms with E-state index in [4.69, 9.17) is 16.9 Å². The van der Waals surface area contributed by atoms with Crippen molar-refractivity contribution in [3.8, 4) is 6.07 Å². The fraction of sp³-hybridized carbons (Fsp3) is 0.143. The summed E-state index contributed by atoms with van der Waals surface area (Å²) in [5.74, 6) is 0. The maximum atomic E-state index is 8.35. The molecule has 0 aromatic carbocycles. The minimum absolute atomic E-state index is 0.291. The molecule has 0 fully saturated rings. The predicted octanol–water partition coefficient (Wildman–Crippen LogP) is 2.56. The van der Waals surface area contributed by atoms with Gasteiger partial charge in [0.1, 0.15) is 5.15 Å². The van der Waals surface area contributed by atoms with E-state index < -0.39 is 0 Å². The molecular weight excluding hydrogens is 227 g/mol. The summed E-state index contributed by atoms with van der Waals surface area (Å²) in [5.41, 5.74) is 0.687. The molecule has 0 unspecified atom stereocenters. The smallest absolute Gasteiger partial charge is 0.130 e. The molecule has 1 aromatic rings. The molecule has 0 aliphatic rings. The third-order valence-electron chi connectivity index (χ3n) is 1.07. The molecule has 1 aromatic heterocycles. The van der Waals surface area contributed by atoms with E-state index in [9.17, 15) is 0 Å². The molecule has 0 spiro atoms. The molecule has 56 valence electrons. The van der Waals surface area contributed by atoms with Crippen molar-refractivity contribution in [2.45, 2.75) is 6.42 Å². The van der Waals surface area contributed by atoms with E-state index in [1.54, 1.807) is 12.1 Å². The van der Waals surface area contributed by atoms with Crippen LogP contribution in [0, 0.1) is 11.3 Å². The Morgan fingerprint density at radius 3 is 2.91 bits per heavy atom. The van der Waals surface area contributed by atoms with Crippen molar-refractivity contribution in [3.05, 3.63) is 27.5 Å². The lowest BCUT2D eigenvalue weighted by molar-refractivity contribution is 1.11. The summed E-state index contributed by atoms with van der Waals surface area (Å²) in [6.45, 7) is 0. The second-order valence-corrected chi connectivity index (χ2v) is 3.24. The third kappa shape index (κ3) is 2.49. The average molecular weight is 231 g/mol. The van der Waals surface area contributed by atoms with E-state index in [0.29, 0.717) is 17.3 Å². The Kier molecular flexibility index (Phi) is 2.86. The average Bonchev–Trinajstić information content (AvgIpc) is 1.85. The third-order valence-corrected chi connectivity index (χ3v) is 1.72. The zero-order valence-electron chi connectivity index (χ0n) is 5.51. The van der Waals surface area contributed by atoms with E-state index in [-0.39, 0.29) is 0 Å². The normalized spacial score (nSPS) is 9.18. The topological polar surface area (TPSA) is 36.7 Å². The summed E-state index contributed by atoms with van der Waals surface area (Å²) < 4.78 is 0.850. The van der Waals surface area contributed by atoms with Crippen molar-refractivity contribution < 1.29 is 0 Å². The number of rotatable bonds is 1. The SMILES string of the molecule is N#CCc1cc(Br)cc(Cl)n1. The van der Waals surface area contributed by atoms with Gasteiger partial charge in [0.25, 0.3) is 0 Å². The number of halogens is 2. The molecule has 1 heterocycles. The summed E-state index contributed by atoms with van der Waals surface area (Å²) in [7, 11) is 0. The first-order valence-corrected chi connectivity index (χ1v) is 4.08. The van der Waals surface area contributed by atoms with E-state index in [1.165, 1.54) is 0 Å². The Morgan fingerprint density at radius 1 is 1.64 bits per heavy atom. The minimum Gasteiger partial charge on any atom is -0.240 e. The van der Waals surface area contributed by atoms with Gasteiger partial charge in [-0.05, 0) is 12.1 Å². The van der Waals surface area contributed by atoms with Gasteiger partial charge in [-0.2, -0.15) is 5.26 Å². The van der Waals surface area contributed by atoms with Crippen molar-refractivity contribution in [2.24, 2.45) is 0 Å². The van der Waals surface area contributed by atoms with Crippen LogP contribution in [0.2, 0.25) is 5.15 Å². The Balaban J connectivity index is 3.01. The van der Waals surface area contributed by atoms with Crippen LogP contribution in [0.1, 0.15) is 5.69 Å². The first-order valence-electron chi connectivity index (χ1n) is 2.91. The van der Waals surface area contributed by atoms with Gasteiger partial charge in [-0.15, -0.1) is 0 Å². The largest absolute Gasteiger partial charge is 0.240 e. The predicted molar refractivity (Wildman–Crippen MR) is 46.3 cm³/mol. The van der Waals surface area contributed by atoms with Crippen molar-refractivity contribution in [2.75, 3.05) is 0 Å². The van der Waals surface area contributed by atoms with Crippen LogP contribution in [-0.2, 0) is 6.42 Å². The van der Waals surface area contributed by atoms with Crippen LogP contribution in [0.4, 0.5) is 0 Å².